The minimum Gasteiger partial charge on any atom is -0.356 e. The number of likely N-dealkylation sites (tertiary alicyclic amines) is 1. The van der Waals surface area contributed by atoms with Crippen molar-refractivity contribution in [1.29, 1.82) is 0 Å². The molecule has 8 heteroatoms. The largest absolute Gasteiger partial charge is 0.356 e. The molecule has 0 spiro atoms. The molecule has 30 heavy (non-hydrogen) atoms. The number of nitrogens with one attached hydrogen (secondary N) is 1. The van der Waals surface area contributed by atoms with E-state index in [2.05, 4.69) is 66.7 Å². The Morgan fingerprint density at radius 1 is 1.17 bits per heavy atom. The van der Waals surface area contributed by atoms with E-state index >= 15 is 0 Å². The lowest BCUT2D eigenvalue weighted by Gasteiger charge is -2.40. The molecule has 1 N–H and O–H groups in total. The number of nitrogens with zero attached hydrogens (tertiary/aromatic N) is 5. The van der Waals surface area contributed by atoms with Gasteiger partial charge in [0.25, 0.3) is 0 Å². The van der Waals surface area contributed by atoms with Gasteiger partial charge >= 0.3 is 0 Å². The van der Waals surface area contributed by atoms with E-state index in [0.717, 1.165) is 44.5 Å². The van der Waals surface area contributed by atoms with Gasteiger partial charge in [0.1, 0.15) is 5.82 Å². The minimum absolute atomic E-state index is 0. The minimum atomic E-state index is 0. The first-order valence-corrected chi connectivity index (χ1v) is 11.5. The number of aromatic nitrogens is 1. The van der Waals surface area contributed by atoms with Crippen LogP contribution in [0, 0.1) is 5.92 Å². The second-order valence-electron chi connectivity index (χ2n) is 7.93. The fraction of sp³-hybridized carbons (Fsp3) is 0.545. The maximum atomic E-state index is 4.59. The van der Waals surface area contributed by atoms with E-state index < -0.39 is 0 Å². The molecular formula is C22H33IN6S. The van der Waals surface area contributed by atoms with Crippen LogP contribution in [0.5, 0.6) is 0 Å². The third-order valence-corrected chi connectivity index (χ3v) is 7.07. The summed E-state index contributed by atoms with van der Waals surface area (Å²) in [5.41, 5.74) is 0. The van der Waals surface area contributed by atoms with Gasteiger partial charge in [0.15, 0.2) is 5.96 Å². The lowest BCUT2D eigenvalue weighted by atomic mass is 9.88. The number of piperazine rings is 1. The van der Waals surface area contributed by atoms with Crippen molar-refractivity contribution in [3.8, 4) is 0 Å². The van der Waals surface area contributed by atoms with Crippen LogP contribution in [0.3, 0.4) is 0 Å². The van der Waals surface area contributed by atoms with Crippen molar-refractivity contribution in [2.24, 2.45) is 10.9 Å². The van der Waals surface area contributed by atoms with Gasteiger partial charge in [0.05, 0.1) is 0 Å². The van der Waals surface area contributed by atoms with Gasteiger partial charge in [0, 0.05) is 56.9 Å². The third kappa shape index (κ3) is 5.45. The maximum Gasteiger partial charge on any atom is 0.193 e. The summed E-state index contributed by atoms with van der Waals surface area (Å²) in [6, 6.07) is 11.1. The predicted octanol–water partition coefficient (Wildman–Crippen LogP) is 3.54. The van der Waals surface area contributed by atoms with Gasteiger partial charge in [-0.15, -0.1) is 35.3 Å². The molecule has 0 aromatic carbocycles. The van der Waals surface area contributed by atoms with Crippen molar-refractivity contribution in [2.45, 2.75) is 18.9 Å². The summed E-state index contributed by atoms with van der Waals surface area (Å²) in [7, 11) is 4.17. The zero-order valence-electron chi connectivity index (χ0n) is 17.9. The smallest absolute Gasteiger partial charge is 0.193 e. The molecular weight excluding hydrogens is 507 g/mol. The molecule has 0 aliphatic carbocycles. The topological polar surface area (TPSA) is 47.0 Å². The molecule has 2 aromatic heterocycles. The van der Waals surface area contributed by atoms with Gasteiger partial charge in [-0.05, 0) is 55.9 Å². The van der Waals surface area contributed by atoms with E-state index in [9.17, 15) is 0 Å². The number of pyridine rings is 1. The van der Waals surface area contributed by atoms with Gasteiger partial charge in [-0.25, -0.2) is 4.98 Å². The molecule has 2 aliphatic heterocycles. The zero-order chi connectivity index (χ0) is 20.1. The van der Waals surface area contributed by atoms with Crippen LogP contribution in [0.1, 0.15) is 23.8 Å². The second kappa shape index (κ2) is 11.3. The predicted molar refractivity (Wildman–Crippen MR) is 137 cm³/mol. The molecule has 0 amide bonds. The zero-order valence-corrected chi connectivity index (χ0v) is 21.1. The number of guanidine groups is 1. The molecule has 2 unspecified atom stereocenters. The van der Waals surface area contributed by atoms with Gasteiger partial charge < -0.3 is 15.1 Å². The number of piperidine rings is 1. The number of anilines is 1. The van der Waals surface area contributed by atoms with Crippen molar-refractivity contribution >= 4 is 47.1 Å². The van der Waals surface area contributed by atoms with E-state index in [1.807, 2.05) is 30.6 Å². The number of hydrogen-bond acceptors (Lipinski definition) is 5. The van der Waals surface area contributed by atoms with Crippen LogP contribution in [-0.2, 0) is 0 Å². The van der Waals surface area contributed by atoms with Crippen LogP contribution in [0.2, 0.25) is 0 Å². The number of rotatable bonds is 4. The molecule has 2 saturated heterocycles. The summed E-state index contributed by atoms with van der Waals surface area (Å²) in [4.78, 5) is 17.8. The number of hydrogen-bond donors (Lipinski definition) is 1. The number of thiophene rings is 1. The average molecular weight is 541 g/mol. The number of halogens is 1. The maximum absolute atomic E-state index is 4.59. The quantitative estimate of drug-likeness (QED) is 0.365. The van der Waals surface area contributed by atoms with Gasteiger partial charge in [-0.1, -0.05) is 12.1 Å². The molecule has 4 heterocycles. The molecule has 0 saturated carbocycles. The van der Waals surface area contributed by atoms with Gasteiger partial charge in [0.2, 0.25) is 0 Å². The Bertz CT molecular complexity index is 776. The first-order valence-electron chi connectivity index (χ1n) is 10.6. The first kappa shape index (κ1) is 23.3. The van der Waals surface area contributed by atoms with Crippen molar-refractivity contribution in [3.05, 3.63) is 46.8 Å². The lowest BCUT2D eigenvalue weighted by Crippen LogP contribution is -2.53. The molecule has 0 radical (unpaired) electrons. The molecule has 6 nitrogen and oxygen atoms in total. The van der Waals surface area contributed by atoms with E-state index in [-0.39, 0.29) is 24.0 Å². The highest BCUT2D eigenvalue weighted by atomic mass is 127. The van der Waals surface area contributed by atoms with E-state index in [4.69, 9.17) is 0 Å². The highest BCUT2D eigenvalue weighted by molar-refractivity contribution is 14.0. The summed E-state index contributed by atoms with van der Waals surface area (Å²) in [6.45, 7) is 6.04. The Kier molecular flexibility index (Phi) is 8.76. The Balaban J connectivity index is 0.00000256. The number of aliphatic imine (C=N–C) groups is 1. The Hall–Kier alpha value is -1.39. The van der Waals surface area contributed by atoms with Crippen LogP contribution in [0.15, 0.2) is 46.9 Å². The van der Waals surface area contributed by atoms with Gasteiger partial charge in [-0.2, -0.15) is 0 Å². The molecule has 4 rings (SSSR count). The summed E-state index contributed by atoms with van der Waals surface area (Å²) in [5.74, 6) is 2.71. The van der Waals surface area contributed by atoms with Crippen molar-refractivity contribution in [1.82, 2.24) is 20.1 Å². The lowest BCUT2D eigenvalue weighted by molar-refractivity contribution is 0.124. The van der Waals surface area contributed by atoms with Crippen LogP contribution in [-0.4, -0.2) is 74.1 Å². The summed E-state index contributed by atoms with van der Waals surface area (Å²) in [6.07, 6.45) is 4.41. The SMILES string of the molecule is CN=C(NCC1CCCN(C)C1c1cccs1)N1CCN(c2ccccn2)CC1.I. The molecule has 2 aliphatic rings. The fourth-order valence-corrected chi connectivity index (χ4v) is 5.61. The van der Waals surface area contributed by atoms with Crippen LogP contribution >= 0.6 is 35.3 Å². The molecule has 2 fully saturated rings. The molecule has 0 bridgehead atoms. The average Bonchev–Trinajstić information content (AvgIpc) is 3.30. The van der Waals surface area contributed by atoms with Crippen LogP contribution in [0.4, 0.5) is 5.82 Å². The summed E-state index contributed by atoms with van der Waals surface area (Å²) in [5, 5.41) is 5.89. The van der Waals surface area contributed by atoms with Crippen molar-refractivity contribution < 1.29 is 0 Å². The Morgan fingerprint density at radius 2 is 2.00 bits per heavy atom. The second-order valence-corrected chi connectivity index (χ2v) is 8.91. The summed E-state index contributed by atoms with van der Waals surface area (Å²) < 4.78 is 0. The third-order valence-electron chi connectivity index (χ3n) is 6.13. The van der Waals surface area contributed by atoms with E-state index in [1.54, 1.807) is 0 Å². The molecule has 164 valence electrons. The van der Waals surface area contributed by atoms with E-state index in [0.29, 0.717) is 12.0 Å². The Labute approximate surface area is 201 Å². The normalized spacial score (nSPS) is 23.2. The first-order chi connectivity index (χ1) is 14.3. The monoisotopic (exact) mass is 540 g/mol. The van der Waals surface area contributed by atoms with E-state index in [1.165, 1.54) is 24.3 Å². The fourth-order valence-electron chi connectivity index (χ4n) is 4.63. The molecule has 2 aromatic rings. The molecule has 2 atom stereocenters. The highest BCUT2D eigenvalue weighted by Gasteiger charge is 2.31. The highest BCUT2D eigenvalue weighted by Crippen LogP contribution is 2.36. The standard InChI is InChI=1S/C22H32N6S.HI/c1-23-22(28-14-12-27(13-15-28)20-9-3-4-10-24-20)25-17-18-7-5-11-26(2)21(18)19-8-6-16-29-19;/h3-4,6,8-10,16,18,21H,5,7,11-15,17H2,1-2H3,(H,23,25);1H. The van der Waals surface area contributed by atoms with Crippen molar-refractivity contribution in [2.75, 3.05) is 58.3 Å². The van der Waals surface area contributed by atoms with Crippen molar-refractivity contribution in [3.63, 3.8) is 0 Å². The van der Waals surface area contributed by atoms with Gasteiger partial charge in [-0.3, -0.25) is 9.89 Å². The summed E-state index contributed by atoms with van der Waals surface area (Å²) >= 11 is 1.88. The Morgan fingerprint density at radius 3 is 2.67 bits per heavy atom. The van der Waals surface area contributed by atoms with Crippen LogP contribution in [0.25, 0.3) is 0 Å². The van der Waals surface area contributed by atoms with Crippen LogP contribution < -0.4 is 10.2 Å².